The van der Waals surface area contributed by atoms with E-state index in [-0.39, 0.29) is 18.2 Å². The van der Waals surface area contributed by atoms with Crippen LogP contribution in [0.4, 0.5) is 0 Å². The number of carbonyl (C=O) groups is 2. The van der Waals surface area contributed by atoms with E-state index >= 15 is 0 Å². The SMILES string of the molecule is O=C(Cc1ccc2c(c1)CCCC2)NNC(=O)c1ccc[nH]1. The van der Waals surface area contributed by atoms with Crippen molar-refractivity contribution in [3.63, 3.8) is 0 Å². The molecular formula is C17H19N3O2. The van der Waals surface area contributed by atoms with Crippen LogP contribution in [0.25, 0.3) is 0 Å². The molecule has 1 heterocycles. The molecule has 1 aliphatic carbocycles. The molecule has 0 unspecified atom stereocenters. The number of amides is 2. The Labute approximate surface area is 129 Å². The van der Waals surface area contributed by atoms with Gasteiger partial charge < -0.3 is 4.98 Å². The van der Waals surface area contributed by atoms with Gasteiger partial charge in [0.1, 0.15) is 5.69 Å². The minimum atomic E-state index is -0.358. The molecule has 5 heteroatoms. The summed E-state index contributed by atoms with van der Waals surface area (Å²) in [5.41, 5.74) is 8.98. The number of carbonyl (C=O) groups excluding carboxylic acids is 2. The van der Waals surface area contributed by atoms with Gasteiger partial charge in [-0.3, -0.25) is 20.4 Å². The molecular weight excluding hydrogens is 278 g/mol. The van der Waals surface area contributed by atoms with Crippen LogP contribution < -0.4 is 10.9 Å². The highest BCUT2D eigenvalue weighted by Gasteiger charge is 2.12. The molecule has 0 saturated heterocycles. The number of rotatable bonds is 3. The van der Waals surface area contributed by atoms with Gasteiger partial charge in [0.05, 0.1) is 6.42 Å². The Morgan fingerprint density at radius 3 is 2.64 bits per heavy atom. The molecule has 1 aliphatic rings. The molecule has 2 amide bonds. The van der Waals surface area contributed by atoms with E-state index < -0.39 is 0 Å². The maximum atomic E-state index is 11.9. The average molecular weight is 297 g/mol. The van der Waals surface area contributed by atoms with Gasteiger partial charge in [0, 0.05) is 6.20 Å². The van der Waals surface area contributed by atoms with E-state index in [0.29, 0.717) is 5.69 Å². The summed E-state index contributed by atoms with van der Waals surface area (Å²) in [5.74, 6) is -0.584. The molecule has 0 radical (unpaired) electrons. The molecule has 5 nitrogen and oxygen atoms in total. The standard InChI is InChI=1S/C17H19N3O2/c21-16(19-20-17(22)15-6-3-9-18-15)11-12-7-8-13-4-1-2-5-14(13)10-12/h3,6-10,18H,1-2,4-5,11H2,(H,19,21)(H,20,22). The summed E-state index contributed by atoms with van der Waals surface area (Å²) in [6, 6.07) is 9.60. The van der Waals surface area contributed by atoms with Crippen molar-refractivity contribution in [2.75, 3.05) is 0 Å². The molecule has 0 fully saturated rings. The summed E-state index contributed by atoms with van der Waals surface area (Å²) in [7, 11) is 0. The van der Waals surface area contributed by atoms with Gasteiger partial charge in [0.15, 0.2) is 0 Å². The van der Waals surface area contributed by atoms with Crippen LogP contribution in [0.1, 0.15) is 40.0 Å². The van der Waals surface area contributed by atoms with Crippen LogP contribution in [0, 0.1) is 0 Å². The summed E-state index contributed by atoms with van der Waals surface area (Å²) < 4.78 is 0. The first-order chi connectivity index (χ1) is 10.7. The maximum absolute atomic E-state index is 11.9. The molecule has 0 atom stereocenters. The fourth-order valence-electron chi connectivity index (χ4n) is 2.79. The van der Waals surface area contributed by atoms with Gasteiger partial charge in [0.25, 0.3) is 5.91 Å². The largest absolute Gasteiger partial charge is 0.357 e. The van der Waals surface area contributed by atoms with Crippen molar-refractivity contribution in [3.05, 3.63) is 58.9 Å². The number of hydrogen-bond acceptors (Lipinski definition) is 2. The molecule has 114 valence electrons. The lowest BCUT2D eigenvalue weighted by molar-refractivity contribution is -0.121. The molecule has 0 aliphatic heterocycles. The number of hydrogen-bond donors (Lipinski definition) is 3. The van der Waals surface area contributed by atoms with Gasteiger partial charge >= 0.3 is 0 Å². The Morgan fingerprint density at radius 2 is 1.86 bits per heavy atom. The van der Waals surface area contributed by atoms with Gasteiger partial charge in [-0.1, -0.05) is 18.2 Å². The quantitative estimate of drug-likeness (QED) is 0.757. The molecule has 1 aromatic carbocycles. The van der Waals surface area contributed by atoms with E-state index in [0.717, 1.165) is 18.4 Å². The third-order valence-electron chi connectivity index (χ3n) is 3.94. The summed E-state index contributed by atoms with van der Waals surface area (Å²) in [5, 5.41) is 0. The van der Waals surface area contributed by atoms with E-state index in [1.165, 1.54) is 24.0 Å². The zero-order valence-electron chi connectivity index (χ0n) is 12.3. The van der Waals surface area contributed by atoms with Crippen LogP contribution in [0.3, 0.4) is 0 Å². The molecule has 0 saturated carbocycles. The first-order valence-corrected chi connectivity index (χ1v) is 7.55. The van der Waals surface area contributed by atoms with E-state index in [4.69, 9.17) is 0 Å². The highest BCUT2D eigenvalue weighted by Crippen LogP contribution is 2.22. The number of aromatic amines is 1. The van der Waals surface area contributed by atoms with E-state index in [1.54, 1.807) is 18.3 Å². The van der Waals surface area contributed by atoms with Crippen molar-refractivity contribution < 1.29 is 9.59 Å². The minimum Gasteiger partial charge on any atom is -0.357 e. The molecule has 2 aromatic rings. The monoisotopic (exact) mass is 297 g/mol. The Kier molecular flexibility index (Phi) is 4.23. The number of nitrogens with one attached hydrogen (secondary N) is 3. The Bertz CT molecular complexity index is 677. The zero-order valence-corrected chi connectivity index (χ0v) is 12.3. The summed E-state index contributed by atoms with van der Waals surface area (Å²) in [6.07, 6.45) is 6.61. The molecule has 1 aromatic heterocycles. The van der Waals surface area contributed by atoms with Crippen molar-refractivity contribution in [1.82, 2.24) is 15.8 Å². The number of fused-ring (bicyclic) bond motifs is 1. The van der Waals surface area contributed by atoms with Crippen molar-refractivity contribution in [3.8, 4) is 0 Å². The second-order valence-corrected chi connectivity index (χ2v) is 5.57. The predicted octanol–water partition coefficient (Wildman–Crippen LogP) is 1.90. The number of aromatic nitrogens is 1. The lowest BCUT2D eigenvalue weighted by Crippen LogP contribution is -2.42. The van der Waals surface area contributed by atoms with Crippen molar-refractivity contribution in [2.45, 2.75) is 32.1 Å². The number of benzene rings is 1. The van der Waals surface area contributed by atoms with Crippen molar-refractivity contribution >= 4 is 11.8 Å². The van der Waals surface area contributed by atoms with Gasteiger partial charge in [-0.25, -0.2) is 0 Å². The second kappa shape index (κ2) is 6.47. The van der Waals surface area contributed by atoms with Crippen molar-refractivity contribution in [1.29, 1.82) is 0 Å². The van der Waals surface area contributed by atoms with Crippen LogP contribution in [-0.2, 0) is 24.1 Å². The molecule has 3 rings (SSSR count). The molecule has 0 spiro atoms. The minimum absolute atomic E-state index is 0.226. The fourth-order valence-corrected chi connectivity index (χ4v) is 2.79. The van der Waals surface area contributed by atoms with Crippen LogP contribution in [0.15, 0.2) is 36.5 Å². The number of aryl methyl sites for hydroxylation is 2. The van der Waals surface area contributed by atoms with Gasteiger partial charge in [-0.15, -0.1) is 0 Å². The first-order valence-electron chi connectivity index (χ1n) is 7.55. The molecule has 3 N–H and O–H groups in total. The number of hydrazine groups is 1. The normalized spacial score (nSPS) is 13.3. The first kappa shape index (κ1) is 14.4. The Balaban J connectivity index is 1.54. The molecule has 22 heavy (non-hydrogen) atoms. The van der Waals surface area contributed by atoms with E-state index in [1.807, 2.05) is 6.07 Å². The highest BCUT2D eigenvalue weighted by molar-refractivity contribution is 5.93. The van der Waals surface area contributed by atoms with E-state index in [2.05, 4.69) is 28.0 Å². The van der Waals surface area contributed by atoms with Gasteiger partial charge in [0.2, 0.25) is 5.91 Å². The highest BCUT2D eigenvalue weighted by atomic mass is 16.2. The van der Waals surface area contributed by atoms with Crippen molar-refractivity contribution in [2.24, 2.45) is 0 Å². The Morgan fingerprint density at radius 1 is 1.05 bits per heavy atom. The fraction of sp³-hybridized carbons (Fsp3) is 0.294. The van der Waals surface area contributed by atoms with Crippen LogP contribution >= 0.6 is 0 Å². The third kappa shape index (κ3) is 3.36. The van der Waals surface area contributed by atoms with Crippen LogP contribution in [0.2, 0.25) is 0 Å². The topological polar surface area (TPSA) is 74.0 Å². The predicted molar refractivity (Wildman–Crippen MR) is 83.2 cm³/mol. The third-order valence-corrected chi connectivity index (χ3v) is 3.94. The second-order valence-electron chi connectivity index (χ2n) is 5.57. The zero-order chi connectivity index (χ0) is 15.4. The smallest absolute Gasteiger partial charge is 0.286 e. The number of H-pyrrole nitrogens is 1. The maximum Gasteiger partial charge on any atom is 0.286 e. The lowest BCUT2D eigenvalue weighted by atomic mass is 9.90. The van der Waals surface area contributed by atoms with Crippen LogP contribution in [-0.4, -0.2) is 16.8 Å². The lowest BCUT2D eigenvalue weighted by Gasteiger charge is -2.16. The van der Waals surface area contributed by atoms with Gasteiger partial charge in [-0.05, 0) is 54.5 Å². The summed E-state index contributed by atoms with van der Waals surface area (Å²) >= 11 is 0. The summed E-state index contributed by atoms with van der Waals surface area (Å²) in [6.45, 7) is 0. The van der Waals surface area contributed by atoms with Gasteiger partial charge in [-0.2, -0.15) is 0 Å². The molecule has 0 bridgehead atoms. The Hall–Kier alpha value is -2.56. The van der Waals surface area contributed by atoms with E-state index in [9.17, 15) is 9.59 Å². The summed E-state index contributed by atoms with van der Waals surface area (Å²) in [4.78, 5) is 26.4. The van der Waals surface area contributed by atoms with Crippen LogP contribution in [0.5, 0.6) is 0 Å². The average Bonchev–Trinajstić information content (AvgIpc) is 3.07.